The van der Waals surface area contributed by atoms with Crippen LogP contribution >= 0.6 is 11.6 Å². The molecule has 0 unspecified atom stereocenters. The molecule has 0 atom stereocenters. The molecule has 0 aromatic carbocycles. The van der Waals surface area contributed by atoms with Crippen molar-refractivity contribution in [3.8, 4) is 0 Å². The van der Waals surface area contributed by atoms with Gasteiger partial charge in [0.25, 0.3) is 5.56 Å². The van der Waals surface area contributed by atoms with Crippen LogP contribution in [0, 0.1) is 0 Å². The lowest BCUT2D eigenvalue weighted by Gasteiger charge is -2.30. The van der Waals surface area contributed by atoms with Crippen LogP contribution in [-0.4, -0.2) is 31.8 Å². The molecule has 2 aromatic heterocycles. The van der Waals surface area contributed by atoms with Crippen molar-refractivity contribution in [2.45, 2.75) is 51.7 Å². The molecule has 0 spiro atoms. The molecule has 138 valence electrons. The van der Waals surface area contributed by atoms with Gasteiger partial charge in [0.1, 0.15) is 17.4 Å². The molecule has 9 heteroatoms. The second-order valence-corrected chi connectivity index (χ2v) is 7.21. The van der Waals surface area contributed by atoms with Gasteiger partial charge < -0.3 is 15.2 Å². The predicted octanol–water partition coefficient (Wildman–Crippen LogP) is 0.868. The standard InChI is InChI=1S/C17H21ClN6O2/c18-16-13(8-20-24(17(16)26)9-14(19)25)22-6-7-23-12-5-3-1-2-4-11(12)21-15(23)10-22/h8H,1-7,9-10H2,(H2,19,25). The average Bonchev–Trinajstić information content (AvgIpc) is 2.79. The number of primary amides is 1. The van der Waals surface area contributed by atoms with E-state index in [2.05, 4.69) is 9.67 Å². The molecule has 0 bridgehead atoms. The zero-order valence-electron chi connectivity index (χ0n) is 14.4. The largest absolute Gasteiger partial charge is 0.368 e. The van der Waals surface area contributed by atoms with E-state index in [0.717, 1.165) is 36.4 Å². The van der Waals surface area contributed by atoms with Gasteiger partial charge in [-0.3, -0.25) is 9.59 Å². The maximum atomic E-state index is 12.3. The number of hydrogen-bond donors (Lipinski definition) is 1. The minimum absolute atomic E-state index is 0.0582. The first-order valence-electron chi connectivity index (χ1n) is 8.90. The highest BCUT2D eigenvalue weighted by Crippen LogP contribution is 2.28. The number of carbonyl (C=O) groups excluding carboxylic acids is 1. The Labute approximate surface area is 155 Å². The Morgan fingerprint density at radius 3 is 2.85 bits per heavy atom. The van der Waals surface area contributed by atoms with Crippen LogP contribution in [0.25, 0.3) is 0 Å². The number of nitrogens with zero attached hydrogens (tertiary/aromatic N) is 5. The Bertz CT molecular complexity index is 919. The molecule has 26 heavy (non-hydrogen) atoms. The van der Waals surface area contributed by atoms with E-state index in [0.29, 0.717) is 12.2 Å². The molecule has 0 saturated carbocycles. The summed E-state index contributed by atoms with van der Waals surface area (Å²) in [5.41, 5.74) is 7.79. The summed E-state index contributed by atoms with van der Waals surface area (Å²) in [5, 5.41) is 4.10. The number of rotatable bonds is 3. The summed E-state index contributed by atoms with van der Waals surface area (Å²) in [5.74, 6) is 0.380. The highest BCUT2D eigenvalue weighted by atomic mass is 35.5. The van der Waals surface area contributed by atoms with Crippen molar-refractivity contribution < 1.29 is 4.79 Å². The van der Waals surface area contributed by atoms with E-state index in [9.17, 15) is 9.59 Å². The van der Waals surface area contributed by atoms with Gasteiger partial charge in [-0.2, -0.15) is 5.10 Å². The van der Waals surface area contributed by atoms with Gasteiger partial charge in [0.2, 0.25) is 5.91 Å². The smallest absolute Gasteiger partial charge is 0.288 e. The van der Waals surface area contributed by atoms with Gasteiger partial charge in [0, 0.05) is 18.8 Å². The SMILES string of the molecule is NC(=O)Cn1ncc(N2CCn3c(nc4c3CCCCC4)C2)c(Cl)c1=O. The van der Waals surface area contributed by atoms with Gasteiger partial charge in [-0.05, 0) is 25.7 Å². The summed E-state index contributed by atoms with van der Waals surface area (Å²) in [6, 6.07) is 0. The minimum atomic E-state index is -0.634. The summed E-state index contributed by atoms with van der Waals surface area (Å²) < 4.78 is 3.31. The van der Waals surface area contributed by atoms with Crippen LogP contribution in [0.15, 0.2) is 11.0 Å². The topological polar surface area (TPSA) is 99.0 Å². The minimum Gasteiger partial charge on any atom is -0.368 e. The number of carbonyl (C=O) groups is 1. The monoisotopic (exact) mass is 376 g/mol. The second kappa shape index (κ2) is 6.75. The molecule has 1 aliphatic heterocycles. The Morgan fingerprint density at radius 2 is 2.04 bits per heavy atom. The number of anilines is 1. The lowest BCUT2D eigenvalue weighted by atomic mass is 10.2. The fourth-order valence-electron chi connectivity index (χ4n) is 3.83. The number of fused-ring (bicyclic) bond motifs is 3. The Kier molecular flexibility index (Phi) is 4.44. The summed E-state index contributed by atoms with van der Waals surface area (Å²) in [6.45, 7) is 1.86. The maximum absolute atomic E-state index is 12.3. The molecule has 0 saturated heterocycles. The van der Waals surface area contributed by atoms with Crippen LogP contribution in [0.1, 0.15) is 36.5 Å². The fraction of sp³-hybridized carbons (Fsp3) is 0.529. The normalized spacial score (nSPS) is 16.7. The number of aromatic nitrogens is 4. The molecular weight excluding hydrogens is 356 g/mol. The van der Waals surface area contributed by atoms with Gasteiger partial charge >= 0.3 is 0 Å². The van der Waals surface area contributed by atoms with Gasteiger partial charge in [0.05, 0.1) is 24.1 Å². The van der Waals surface area contributed by atoms with Crippen LogP contribution in [0.5, 0.6) is 0 Å². The Hall–Kier alpha value is -2.35. The summed E-state index contributed by atoms with van der Waals surface area (Å²) in [4.78, 5) is 30.2. The van der Waals surface area contributed by atoms with E-state index in [-0.39, 0.29) is 11.6 Å². The van der Waals surface area contributed by atoms with Gasteiger partial charge in [-0.15, -0.1) is 0 Å². The molecule has 2 N–H and O–H groups in total. The second-order valence-electron chi connectivity index (χ2n) is 6.83. The molecule has 0 radical (unpaired) electrons. The Morgan fingerprint density at radius 1 is 1.23 bits per heavy atom. The highest BCUT2D eigenvalue weighted by Gasteiger charge is 2.26. The quantitative estimate of drug-likeness (QED) is 0.801. The molecule has 1 aliphatic carbocycles. The van der Waals surface area contributed by atoms with E-state index >= 15 is 0 Å². The highest BCUT2D eigenvalue weighted by molar-refractivity contribution is 6.33. The third kappa shape index (κ3) is 2.98. The molecule has 4 rings (SSSR count). The van der Waals surface area contributed by atoms with Crippen LogP contribution in [0.2, 0.25) is 5.02 Å². The third-order valence-corrected chi connectivity index (χ3v) is 5.46. The van der Waals surface area contributed by atoms with Gasteiger partial charge in [-0.1, -0.05) is 18.0 Å². The average molecular weight is 377 g/mol. The number of halogens is 1. The number of amides is 1. The summed E-state index contributed by atoms with van der Waals surface area (Å²) >= 11 is 6.27. The first kappa shape index (κ1) is 17.1. The number of nitrogens with two attached hydrogens (primary N) is 1. The maximum Gasteiger partial charge on any atom is 0.288 e. The van der Waals surface area contributed by atoms with Crippen molar-refractivity contribution in [3.05, 3.63) is 38.8 Å². The van der Waals surface area contributed by atoms with Crippen molar-refractivity contribution in [3.63, 3.8) is 0 Å². The van der Waals surface area contributed by atoms with Crippen molar-refractivity contribution in [2.75, 3.05) is 11.4 Å². The molecule has 3 heterocycles. The molecule has 0 fully saturated rings. The van der Waals surface area contributed by atoms with Crippen molar-refractivity contribution in [1.82, 2.24) is 19.3 Å². The zero-order valence-corrected chi connectivity index (χ0v) is 15.2. The zero-order chi connectivity index (χ0) is 18.3. The summed E-state index contributed by atoms with van der Waals surface area (Å²) in [7, 11) is 0. The van der Waals surface area contributed by atoms with E-state index in [1.807, 2.05) is 4.90 Å². The number of imidazole rings is 1. The number of hydrogen-bond acceptors (Lipinski definition) is 5. The van der Waals surface area contributed by atoms with Crippen molar-refractivity contribution in [2.24, 2.45) is 5.73 Å². The lowest BCUT2D eigenvalue weighted by Crippen LogP contribution is -2.37. The lowest BCUT2D eigenvalue weighted by molar-refractivity contribution is -0.118. The Balaban J connectivity index is 1.62. The van der Waals surface area contributed by atoms with Crippen LogP contribution in [0.3, 0.4) is 0 Å². The molecule has 2 aromatic rings. The van der Waals surface area contributed by atoms with Crippen molar-refractivity contribution >= 4 is 23.2 Å². The molecule has 2 aliphatic rings. The van der Waals surface area contributed by atoms with Crippen LogP contribution in [-0.2, 0) is 37.3 Å². The van der Waals surface area contributed by atoms with Crippen LogP contribution < -0.4 is 16.2 Å². The number of aryl methyl sites for hydroxylation is 1. The van der Waals surface area contributed by atoms with Gasteiger partial charge in [0.15, 0.2) is 0 Å². The summed E-state index contributed by atoms with van der Waals surface area (Å²) in [6.07, 6.45) is 7.34. The molecular formula is C17H21ClN6O2. The van der Waals surface area contributed by atoms with Crippen LogP contribution in [0.4, 0.5) is 5.69 Å². The predicted molar refractivity (Wildman–Crippen MR) is 97.2 cm³/mol. The van der Waals surface area contributed by atoms with E-state index in [1.165, 1.54) is 36.8 Å². The van der Waals surface area contributed by atoms with E-state index in [4.69, 9.17) is 22.3 Å². The van der Waals surface area contributed by atoms with E-state index in [1.54, 1.807) is 0 Å². The first-order valence-corrected chi connectivity index (χ1v) is 9.28. The van der Waals surface area contributed by atoms with Crippen molar-refractivity contribution in [1.29, 1.82) is 0 Å². The first-order chi connectivity index (χ1) is 12.5. The third-order valence-electron chi connectivity index (χ3n) is 5.10. The van der Waals surface area contributed by atoms with E-state index < -0.39 is 11.5 Å². The molecule has 1 amide bonds. The molecule has 8 nitrogen and oxygen atoms in total. The van der Waals surface area contributed by atoms with Gasteiger partial charge in [-0.25, -0.2) is 9.67 Å². The fourth-order valence-corrected chi connectivity index (χ4v) is 4.10.